The number of carbonyl (C=O) groups excluding carboxylic acids is 1. The average molecular weight is 469 g/mol. The van der Waals surface area contributed by atoms with Crippen LogP contribution in [0.15, 0.2) is 39.3 Å². The van der Waals surface area contributed by atoms with Crippen molar-refractivity contribution in [1.82, 2.24) is 5.32 Å². The van der Waals surface area contributed by atoms with E-state index < -0.39 is 0 Å². The molecule has 1 aliphatic carbocycles. The Labute approximate surface area is 199 Å². The molecule has 6 heteroatoms. The number of thioether (sulfide) groups is 2. The SMILES string of the molecule is CC.CCCC.CSc1cccc2c1CCC(C)=C2SC(NC(C)=O)=C(C)C.NCO. The molecule has 0 spiro atoms. The Hall–Kier alpha value is -1.21. The lowest BCUT2D eigenvalue weighted by Crippen LogP contribution is -2.18. The number of hydrogen-bond donors (Lipinski definition) is 3. The summed E-state index contributed by atoms with van der Waals surface area (Å²) < 4.78 is 0. The minimum absolute atomic E-state index is 0.0177. The van der Waals surface area contributed by atoms with E-state index in [0.29, 0.717) is 0 Å². The van der Waals surface area contributed by atoms with Crippen LogP contribution in [0.5, 0.6) is 0 Å². The summed E-state index contributed by atoms with van der Waals surface area (Å²) in [7, 11) is 0. The first-order valence-corrected chi connectivity index (χ1v) is 13.1. The van der Waals surface area contributed by atoms with Gasteiger partial charge in [0.2, 0.25) is 5.91 Å². The molecule has 0 radical (unpaired) electrons. The standard InChI is InChI=1S/C18H23NOS2.C4H10.C2H6.CH5NO/c1-11(2)18(19-13(4)20)22-17-12(3)9-10-14-15(17)7-6-8-16(14)21-5;1-3-4-2;1-2;2-1-3/h6-8H,9-10H2,1-5H3,(H,19,20);3-4H2,1-2H3;1-2H3;3H,1-2H2. The summed E-state index contributed by atoms with van der Waals surface area (Å²) in [5.74, 6) is -0.0177. The number of nitrogens with two attached hydrogens (primary N) is 1. The van der Waals surface area contributed by atoms with E-state index in [9.17, 15) is 4.79 Å². The lowest BCUT2D eigenvalue weighted by molar-refractivity contribution is -0.118. The van der Waals surface area contributed by atoms with Crippen molar-refractivity contribution in [2.45, 2.75) is 86.0 Å². The average Bonchev–Trinajstić information content (AvgIpc) is 2.76. The molecule has 1 aromatic carbocycles. The van der Waals surface area contributed by atoms with Gasteiger partial charge in [-0.05, 0) is 62.6 Å². The maximum atomic E-state index is 11.4. The van der Waals surface area contributed by atoms with Gasteiger partial charge in [-0.3, -0.25) is 4.79 Å². The molecular weight excluding hydrogens is 424 g/mol. The van der Waals surface area contributed by atoms with Gasteiger partial charge in [0.25, 0.3) is 0 Å². The number of hydrogen-bond acceptors (Lipinski definition) is 5. The van der Waals surface area contributed by atoms with Crippen molar-refractivity contribution in [3.8, 4) is 0 Å². The van der Waals surface area contributed by atoms with E-state index in [1.54, 1.807) is 18.7 Å². The summed E-state index contributed by atoms with van der Waals surface area (Å²) in [6.45, 7) is 15.9. The molecule has 0 bridgehead atoms. The zero-order chi connectivity index (χ0) is 24.4. The van der Waals surface area contributed by atoms with Gasteiger partial charge in [-0.2, -0.15) is 0 Å². The molecule has 1 amide bonds. The second-order valence-corrected chi connectivity index (χ2v) is 8.76. The molecule has 0 atom stereocenters. The Balaban J connectivity index is 0. The summed E-state index contributed by atoms with van der Waals surface area (Å²) in [5, 5.41) is 11.3. The number of nitrogens with one attached hydrogen (secondary N) is 1. The van der Waals surface area contributed by atoms with Crippen molar-refractivity contribution in [2.75, 3.05) is 13.0 Å². The van der Waals surface area contributed by atoms with Gasteiger partial charge in [-0.1, -0.05) is 70.0 Å². The monoisotopic (exact) mass is 468 g/mol. The normalized spacial score (nSPS) is 11.5. The van der Waals surface area contributed by atoms with Crippen LogP contribution in [0.25, 0.3) is 4.91 Å². The Morgan fingerprint density at radius 1 is 1.13 bits per heavy atom. The van der Waals surface area contributed by atoms with Crippen molar-refractivity contribution in [2.24, 2.45) is 5.73 Å². The number of carbonyl (C=O) groups is 1. The molecule has 4 N–H and O–H groups in total. The highest BCUT2D eigenvalue weighted by Crippen LogP contribution is 2.44. The zero-order valence-electron chi connectivity index (χ0n) is 21.0. The van der Waals surface area contributed by atoms with Gasteiger partial charge in [0.15, 0.2) is 0 Å². The number of aliphatic hydroxyl groups is 1. The lowest BCUT2D eigenvalue weighted by atomic mass is 9.93. The molecule has 0 aliphatic heterocycles. The van der Waals surface area contributed by atoms with Crippen molar-refractivity contribution in [3.05, 3.63) is 45.5 Å². The molecule has 31 heavy (non-hydrogen) atoms. The van der Waals surface area contributed by atoms with E-state index in [2.05, 4.69) is 56.3 Å². The van der Waals surface area contributed by atoms with E-state index in [0.717, 1.165) is 23.4 Å². The molecule has 0 heterocycles. The molecule has 0 aromatic heterocycles. The first-order chi connectivity index (χ1) is 14.8. The summed E-state index contributed by atoms with van der Waals surface area (Å²) >= 11 is 3.50. The van der Waals surface area contributed by atoms with Gasteiger partial charge in [-0.15, -0.1) is 11.8 Å². The fourth-order valence-electron chi connectivity index (χ4n) is 2.54. The number of allylic oxidation sites excluding steroid dienone is 2. The van der Waals surface area contributed by atoms with E-state index >= 15 is 0 Å². The number of unbranched alkanes of at least 4 members (excludes halogenated alkanes) is 1. The van der Waals surface area contributed by atoms with Crippen LogP contribution in [-0.2, 0) is 11.2 Å². The van der Waals surface area contributed by atoms with Gasteiger partial charge in [-0.25, -0.2) is 0 Å². The van der Waals surface area contributed by atoms with Crippen molar-refractivity contribution in [3.63, 3.8) is 0 Å². The van der Waals surface area contributed by atoms with Crippen molar-refractivity contribution >= 4 is 34.3 Å². The third-order valence-electron chi connectivity index (χ3n) is 4.18. The third-order valence-corrected chi connectivity index (χ3v) is 6.49. The molecule has 0 saturated carbocycles. The predicted molar refractivity (Wildman–Crippen MR) is 142 cm³/mol. The second kappa shape index (κ2) is 19.5. The molecule has 2 rings (SSSR count). The van der Waals surface area contributed by atoms with Gasteiger partial charge in [0, 0.05) is 16.7 Å². The molecule has 4 nitrogen and oxygen atoms in total. The van der Waals surface area contributed by atoms with Gasteiger partial charge in [0.1, 0.15) is 0 Å². The molecule has 1 aliphatic rings. The van der Waals surface area contributed by atoms with Gasteiger partial charge in [0.05, 0.1) is 11.8 Å². The lowest BCUT2D eigenvalue weighted by Gasteiger charge is -2.24. The second-order valence-electron chi connectivity index (χ2n) is 6.89. The van der Waals surface area contributed by atoms with E-state index in [1.165, 1.54) is 39.3 Å². The van der Waals surface area contributed by atoms with Gasteiger partial charge >= 0.3 is 0 Å². The smallest absolute Gasteiger partial charge is 0.221 e. The Kier molecular flexibility index (Phi) is 20.1. The fraction of sp³-hybridized carbons (Fsp3) is 0.560. The molecule has 0 unspecified atom stereocenters. The fourth-order valence-corrected chi connectivity index (χ4v) is 4.39. The minimum atomic E-state index is -0.250. The number of rotatable bonds is 5. The van der Waals surface area contributed by atoms with Crippen LogP contribution in [0.1, 0.15) is 85.8 Å². The Morgan fingerprint density at radius 3 is 2.10 bits per heavy atom. The molecule has 1 aromatic rings. The van der Waals surface area contributed by atoms with E-state index in [-0.39, 0.29) is 12.6 Å². The highest BCUT2D eigenvalue weighted by molar-refractivity contribution is 8.11. The number of amides is 1. The topological polar surface area (TPSA) is 75.4 Å². The largest absolute Gasteiger partial charge is 0.382 e. The van der Waals surface area contributed by atoms with Crippen LogP contribution in [0.3, 0.4) is 0 Å². The number of benzene rings is 1. The quantitative estimate of drug-likeness (QED) is 0.322. The highest BCUT2D eigenvalue weighted by atomic mass is 32.2. The predicted octanol–water partition coefficient (Wildman–Crippen LogP) is 6.93. The molecule has 178 valence electrons. The van der Waals surface area contributed by atoms with Crippen LogP contribution >= 0.6 is 23.5 Å². The summed E-state index contributed by atoms with van der Waals surface area (Å²) in [5.41, 5.74) is 9.71. The summed E-state index contributed by atoms with van der Waals surface area (Å²) in [4.78, 5) is 14.1. The number of fused-ring (bicyclic) bond motifs is 1. The van der Waals surface area contributed by atoms with Crippen LogP contribution in [0.2, 0.25) is 0 Å². The summed E-state index contributed by atoms with van der Waals surface area (Å²) in [6, 6.07) is 6.53. The third kappa shape index (κ3) is 12.4. The van der Waals surface area contributed by atoms with Crippen LogP contribution in [0, 0.1) is 0 Å². The van der Waals surface area contributed by atoms with E-state index in [4.69, 9.17) is 5.11 Å². The maximum Gasteiger partial charge on any atom is 0.221 e. The van der Waals surface area contributed by atoms with Crippen molar-refractivity contribution < 1.29 is 9.90 Å². The van der Waals surface area contributed by atoms with Crippen LogP contribution in [0.4, 0.5) is 0 Å². The summed E-state index contributed by atoms with van der Waals surface area (Å²) in [6.07, 6.45) is 6.96. The van der Waals surface area contributed by atoms with Crippen molar-refractivity contribution in [1.29, 1.82) is 0 Å². The van der Waals surface area contributed by atoms with E-state index in [1.807, 2.05) is 39.5 Å². The van der Waals surface area contributed by atoms with Gasteiger partial charge < -0.3 is 16.2 Å². The van der Waals surface area contributed by atoms with Crippen LogP contribution in [-0.4, -0.2) is 24.0 Å². The Bertz CT molecular complexity index is 707. The van der Waals surface area contributed by atoms with Crippen LogP contribution < -0.4 is 11.1 Å². The molecular formula is C25H44N2O2S2. The number of aliphatic hydroxyl groups excluding tert-OH is 1. The Morgan fingerprint density at radius 2 is 1.68 bits per heavy atom. The first-order valence-electron chi connectivity index (χ1n) is 11.1. The first kappa shape index (κ1) is 32.0. The maximum absolute atomic E-state index is 11.4. The minimum Gasteiger partial charge on any atom is -0.382 e. The highest BCUT2D eigenvalue weighted by Gasteiger charge is 2.21. The zero-order valence-corrected chi connectivity index (χ0v) is 22.6. The molecule has 0 saturated heterocycles. The molecule has 0 fully saturated rings.